The van der Waals surface area contributed by atoms with E-state index in [1.54, 1.807) is 0 Å². The maximum atomic E-state index is 11.4. The Bertz CT molecular complexity index is 196. The molecule has 0 aromatic carbocycles. The summed E-state index contributed by atoms with van der Waals surface area (Å²) in [4.78, 5) is 11.8. The first-order chi connectivity index (χ1) is 6.70. The van der Waals surface area contributed by atoms with Gasteiger partial charge in [0, 0.05) is 17.8 Å². The number of hydrogen-bond donors (Lipinski definition) is 1. The highest BCUT2D eigenvalue weighted by Gasteiger charge is 2.17. The molecule has 0 radical (unpaired) electrons. The van der Waals surface area contributed by atoms with Gasteiger partial charge in [-0.3, -0.25) is 4.79 Å². The maximum Gasteiger partial charge on any atom is 0.220 e. The molecule has 90 valence electrons. The van der Waals surface area contributed by atoms with Gasteiger partial charge in [-0.15, -0.1) is 0 Å². The van der Waals surface area contributed by atoms with Gasteiger partial charge in [0.05, 0.1) is 0 Å². The summed E-state index contributed by atoms with van der Waals surface area (Å²) in [7, 11) is 0. The predicted molar refractivity (Wildman–Crippen MR) is 69.3 cm³/mol. The SMILES string of the molecule is CC(C)CC(=O)NCC(Br)CC(C)(C)C. The van der Waals surface area contributed by atoms with E-state index in [0.29, 0.717) is 22.6 Å². The summed E-state index contributed by atoms with van der Waals surface area (Å²) in [5.41, 5.74) is 0.303. The zero-order chi connectivity index (χ0) is 12.1. The smallest absolute Gasteiger partial charge is 0.220 e. The Kier molecular flexibility index (Phi) is 6.49. The van der Waals surface area contributed by atoms with Crippen molar-refractivity contribution in [2.24, 2.45) is 11.3 Å². The zero-order valence-corrected chi connectivity index (χ0v) is 12.1. The Balaban J connectivity index is 3.71. The van der Waals surface area contributed by atoms with Crippen LogP contribution >= 0.6 is 15.9 Å². The first-order valence-corrected chi connectivity index (χ1v) is 6.53. The molecule has 0 saturated heterocycles. The topological polar surface area (TPSA) is 29.1 Å². The quantitative estimate of drug-likeness (QED) is 0.768. The van der Waals surface area contributed by atoms with E-state index in [4.69, 9.17) is 0 Å². The summed E-state index contributed by atoms with van der Waals surface area (Å²) < 4.78 is 0. The molecule has 1 atom stereocenters. The molecule has 0 aliphatic carbocycles. The van der Waals surface area contributed by atoms with E-state index in [1.807, 2.05) is 0 Å². The molecule has 0 saturated carbocycles. The van der Waals surface area contributed by atoms with Gasteiger partial charge in [-0.05, 0) is 17.8 Å². The molecule has 0 aromatic rings. The average molecular weight is 278 g/mol. The summed E-state index contributed by atoms with van der Waals surface area (Å²) in [6, 6.07) is 0. The van der Waals surface area contributed by atoms with Crippen molar-refractivity contribution in [2.75, 3.05) is 6.54 Å². The van der Waals surface area contributed by atoms with E-state index in [2.05, 4.69) is 55.9 Å². The third-order valence-corrected chi connectivity index (χ3v) is 2.60. The Morgan fingerprint density at radius 1 is 1.33 bits per heavy atom. The molecule has 0 fully saturated rings. The number of rotatable bonds is 5. The predicted octanol–water partition coefficient (Wildman–Crippen LogP) is 3.35. The lowest BCUT2D eigenvalue weighted by molar-refractivity contribution is -0.121. The maximum absolute atomic E-state index is 11.4. The van der Waals surface area contributed by atoms with Gasteiger partial charge in [-0.1, -0.05) is 50.5 Å². The van der Waals surface area contributed by atoms with Gasteiger partial charge in [0.25, 0.3) is 0 Å². The summed E-state index contributed by atoms with van der Waals surface area (Å²) in [5.74, 6) is 0.588. The second-order valence-electron chi connectivity index (χ2n) is 5.76. The molecular weight excluding hydrogens is 254 g/mol. The lowest BCUT2D eigenvalue weighted by Gasteiger charge is -2.22. The highest BCUT2D eigenvalue weighted by Crippen LogP contribution is 2.24. The highest BCUT2D eigenvalue weighted by atomic mass is 79.9. The van der Waals surface area contributed by atoms with Gasteiger partial charge in [0.2, 0.25) is 5.91 Å². The van der Waals surface area contributed by atoms with Crippen LogP contribution in [-0.4, -0.2) is 17.3 Å². The molecule has 0 bridgehead atoms. The van der Waals surface area contributed by atoms with Crippen LogP contribution in [0.1, 0.15) is 47.5 Å². The molecular formula is C12H24BrNO. The third-order valence-electron chi connectivity index (χ3n) is 1.95. The number of carbonyl (C=O) groups is 1. The van der Waals surface area contributed by atoms with E-state index in [1.165, 1.54) is 0 Å². The minimum Gasteiger partial charge on any atom is -0.355 e. The van der Waals surface area contributed by atoms with Crippen molar-refractivity contribution in [3.63, 3.8) is 0 Å². The summed E-state index contributed by atoms with van der Waals surface area (Å²) >= 11 is 3.59. The van der Waals surface area contributed by atoms with Crippen molar-refractivity contribution in [3.05, 3.63) is 0 Å². The number of amides is 1. The Labute approximate surface area is 102 Å². The van der Waals surface area contributed by atoms with Crippen molar-refractivity contribution in [1.29, 1.82) is 0 Å². The van der Waals surface area contributed by atoms with Crippen molar-refractivity contribution < 1.29 is 4.79 Å². The normalized spacial score (nSPS) is 14.1. The molecule has 0 aliphatic heterocycles. The van der Waals surface area contributed by atoms with Crippen LogP contribution in [0.3, 0.4) is 0 Å². The van der Waals surface area contributed by atoms with Crippen LogP contribution in [0.15, 0.2) is 0 Å². The van der Waals surface area contributed by atoms with E-state index in [0.717, 1.165) is 13.0 Å². The molecule has 1 unspecified atom stereocenters. The van der Waals surface area contributed by atoms with Crippen LogP contribution in [-0.2, 0) is 4.79 Å². The minimum absolute atomic E-state index is 0.156. The summed E-state index contributed by atoms with van der Waals surface area (Å²) in [6.07, 6.45) is 1.68. The summed E-state index contributed by atoms with van der Waals surface area (Å²) in [6.45, 7) is 11.5. The lowest BCUT2D eigenvalue weighted by atomic mass is 9.90. The molecule has 1 N–H and O–H groups in total. The van der Waals surface area contributed by atoms with E-state index in [-0.39, 0.29) is 5.91 Å². The Morgan fingerprint density at radius 3 is 2.27 bits per heavy atom. The first-order valence-electron chi connectivity index (χ1n) is 5.61. The van der Waals surface area contributed by atoms with Crippen molar-refractivity contribution in [2.45, 2.75) is 52.3 Å². The minimum atomic E-state index is 0.156. The molecule has 0 heterocycles. The fourth-order valence-corrected chi connectivity index (χ4v) is 2.54. The molecule has 0 spiro atoms. The molecule has 1 amide bonds. The van der Waals surface area contributed by atoms with Crippen LogP contribution < -0.4 is 5.32 Å². The second-order valence-corrected chi connectivity index (χ2v) is 7.06. The van der Waals surface area contributed by atoms with Crippen LogP contribution in [0.4, 0.5) is 0 Å². The monoisotopic (exact) mass is 277 g/mol. The van der Waals surface area contributed by atoms with E-state index >= 15 is 0 Å². The summed E-state index contributed by atoms with van der Waals surface area (Å²) in [5, 5.41) is 2.95. The van der Waals surface area contributed by atoms with Crippen LogP contribution in [0.2, 0.25) is 0 Å². The number of hydrogen-bond acceptors (Lipinski definition) is 1. The van der Waals surface area contributed by atoms with Gasteiger partial charge in [-0.2, -0.15) is 0 Å². The highest BCUT2D eigenvalue weighted by molar-refractivity contribution is 9.09. The zero-order valence-electron chi connectivity index (χ0n) is 10.6. The van der Waals surface area contributed by atoms with Gasteiger partial charge < -0.3 is 5.32 Å². The average Bonchev–Trinajstić information content (AvgIpc) is 1.96. The number of halogens is 1. The Hall–Kier alpha value is -0.0500. The third kappa shape index (κ3) is 10.2. The number of nitrogens with one attached hydrogen (secondary N) is 1. The molecule has 15 heavy (non-hydrogen) atoms. The van der Waals surface area contributed by atoms with Gasteiger partial charge in [-0.25, -0.2) is 0 Å². The molecule has 0 aromatic heterocycles. The van der Waals surface area contributed by atoms with Crippen LogP contribution in [0.5, 0.6) is 0 Å². The van der Waals surface area contributed by atoms with E-state index < -0.39 is 0 Å². The molecule has 3 heteroatoms. The Morgan fingerprint density at radius 2 is 1.87 bits per heavy atom. The van der Waals surface area contributed by atoms with Crippen LogP contribution in [0, 0.1) is 11.3 Å². The van der Waals surface area contributed by atoms with Crippen molar-refractivity contribution >= 4 is 21.8 Å². The number of alkyl halides is 1. The number of carbonyl (C=O) groups excluding carboxylic acids is 1. The second kappa shape index (κ2) is 6.51. The molecule has 2 nitrogen and oxygen atoms in total. The van der Waals surface area contributed by atoms with Crippen molar-refractivity contribution in [3.8, 4) is 0 Å². The first kappa shape index (κ1) is 14.9. The largest absolute Gasteiger partial charge is 0.355 e. The van der Waals surface area contributed by atoms with E-state index in [9.17, 15) is 4.79 Å². The van der Waals surface area contributed by atoms with Crippen LogP contribution in [0.25, 0.3) is 0 Å². The lowest BCUT2D eigenvalue weighted by Crippen LogP contribution is -2.31. The van der Waals surface area contributed by atoms with Crippen molar-refractivity contribution in [1.82, 2.24) is 5.32 Å². The van der Waals surface area contributed by atoms with Gasteiger partial charge >= 0.3 is 0 Å². The standard InChI is InChI=1S/C12H24BrNO/c1-9(2)6-11(15)14-8-10(13)7-12(3,4)5/h9-10H,6-8H2,1-5H3,(H,14,15). The van der Waals surface area contributed by atoms with Gasteiger partial charge in [0.15, 0.2) is 0 Å². The fraction of sp³-hybridized carbons (Fsp3) is 0.917. The van der Waals surface area contributed by atoms with Gasteiger partial charge in [0.1, 0.15) is 0 Å². The fourth-order valence-electron chi connectivity index (χ4n) is 1.40. The molecule has 0 rings (SSSR count). The molecule has 0 aliphatic rings.